The molecular weight excluding hydrogens is 446 g/mol. The number of sulfone groups is 1. The minimum absolute atomic E-state index is 0.0550. The number of piperidine rings is 1. The van der Waals surface area contributed by atoms with E-state index in [1.54, 1.807) is 27.9 Å². The minimum atomic E-state index is -3.29. The van der Waals surface area contributed by atoms with E-state index in [0.29, 0.717) is 35.8 Å². The van der Waals surface area contributed by atoms with Crippen molar-refractivity contribution < 1.29 is 22.7 Å². The van der Waals surface area contributed by atoms with Crippen molar-refractivity contribution in [3.8, 4) is 11.6 Å². The first-order valence-corrected chi connectivity index (χ1v) is 12.5. The van der Waals surface area contributed by atoms with Gasteiger partial charge in [0.25, 0.3) is 0 Å². The summed E-state index contributed by atoms with van der Waals surface area (Å²) in [4.78, 5) is 23.1. The first-order chi connectivity index (χ1) is 15.5. The van der Waals surface area contributed by atoms with E-state index in [2.05, 4.69) is 15.1 Å². The Bertz CT molecular complexity index is 1260. The standard InChI is InChI=1S/C22H27N5O5S/c1-22(2,3)32-21(28)26-11-5-6-15(13-26)27-19-18(12-25-27)20(24-14-23-19)31-16-7-9-17(10-8-16)33(4,29)30/h7-10,12,14-15H,5-6,11,13H2,1-4H3/t15-/m0/s1. The van der Waals surface area contributed by atoms with Crippen molar-refractivity contribution in [1.82, 2.24) is 24.6 Å². The molecule has 10 nitrogen and oxygen atoms in total. The summed E-state index contributed by atoms with van der Waals surface area (Å²) >= 11 is 0. The number of ether oxygens (including phenoxy) is 2. The van der Waals surface area contributed by atoms with Crippen LogP contribution in [-0.4, -0.2) is 64.1 Å². The average molecular weight is 474 g/mol. The molecule has 0 spiro atoms. The summed E-state index contributed by atoms with van der Waals surface area (Å²) in [6.07, 6.45) is 5.53. The third-order valence-corrected chi connectivity index (χ3v) is 6.34. The Morgan fingerprint density at radius 3 is 2.55 bits per heavy atom. The van der Waals surface area contributed by atoms with Crippen molar-refractivity contribution in [3.63, 3.8) is 0 Å². The molecule has 0 N–H and O–H groups in total. The summed E-state index contributed by atoms with van der Waals surface area (Å²) in [6, 6.07) is 6.07. The third-order valence-electron chi connectivity index (χ3n) is 5.22. The van der Waals surface area contributed by atoms with Gasteiger partial charge in [-0.2, -0.15) is 5.10 Å². The smallest absolute Gasteiger partial charge is 0.410 e. The van der Waals surface area contributed by atoms with Crippen molar-refractivity contribution in [2.45, 2.75) is 50.2 Å². The summed E-state index contributed by atoms with van der Waals surface area (Å²) < 4.78 is 36.5. The van der Waals surface area contributed by atoms with Crippen LogP contribution >= 0.6 is 0 Å². The monoisotopic (exact) mass is 473 g/mol. The second-order valence-corrected chi connectivity index (χ2v) is 11.1. The van der Waals surface area contributed by atoms with Gasteiger partial charge in [-0.25, -0.2) is 27.9 Å². The summed E-state index contributed by atoms with van der Waals surface area (Å²) in [6.45, 7) is 6.65. The lowest BCUT2D eigenvalue weighted by Crippen LogP contribution is -2.43. The number of hydrogen-bond acceptors (Lipinski definition) is 8. The van der Waals surface area contributed by atoms with Crippen LogP contribution in [0.5, 0.6) is 11.6 Å². The average Bonchev–Trinajstić information content (AvgIpc) is 3.18. The number of likely N-dealkylation sites (tertiary alicyclic amines) is 1. The SMILES string of the molecule is CC(C)(C)OC(=O)N1CCC[C@H](n2ncc3c(Oc4ccc(S(C)(=O)=O)cc4)ncnc32)C1. The number of carbonyl (C=O) groups is 1. The molecule has 3 aromatic rings. The number of benzene rings is 1. The molecule has 1 atom stereocenters. The molecule has 2 aromatic heterocycles. The largest absolute Gasteiger partial charge is 0.444 e. The molecule has 0 radical (unpaired) electrons. The second kappa shape index (κ2) is 8.62. The van der Waals surface area contributed by atoms with Gasteiger partial charge in [-0.05, 0) is 57.9 Å². The Labute approximate surface area is 192 Å². The number of hydrogen-bond donors (Lipinski definition) is 0. The zero-order valence-corrected chi connectivity index (χ0v) is 19.9. The zero-order valence-electron chi connectivity index (χ0n) is 19.1. The summed E-state index contributed by atoms with van der Waals surface area (Å²) in [5.74, 6) is 0.766. The maximum Gasteiger partial charge on any atom is 0.410 e. The van der Waals surface area contributed by atoms with Crippen LogP contribution in [-0.2, 0) is 14.6 Å². The Balaban J connectivity index is 1.55. The van der Waals surface area contributed by atoms with Crippen LogP contribution in [0, 0.1) is 0 Å². The van der Waals surface area contributed by atoms with Gasteiger partial charge in [-0.15, -0.1) is 0 Å². The highest BCUT2D eigenvalue weighted by Gasteiger charge is 2.30. The molecule has 1 amide bonds. The second-order valence-electron chi connectivity index (χ2n) is 9.07. The van der Waals surface area contributed by atoms with Crippen molar-refractivity contribution in [2.24, 2.45) is 0 Å². The van der Waals surface area contributed by atoms with Gasteiger partial charge in [-0.1, -0.05) is 0 Å². The quantitative estimate of drug-likeness (QED) is 0.564. The van der Waals surface area contributed by atoms with E-state index < -0.39 is 15.4 Å². The fourth-order valence-corrected chi connectivity index (χ4v) is 4.33. The molecule has 0 saturated carbocycles. The number of fused-ring (bicyclic) bond motifs is 1. The van der Waals surface area contributed by atoms with Gasteiger partial charge in [0.15, 0.2) is 15.5 Å². The number of amides is 1. The predicted molar refractivity (Wildman–Crippen MR) is 121 cm³/mol. The molecule has 176 valence electrons. The lowest BCUT2D eigenvalue weighted by Gasteiger charge is -2.34. The molecule has 0 aliphatic carbocycles. The first-order valence-electron chi connectivity index (χ1n) is 10.7. The fraction of sp³-hybridized carbons (Fsp3) is 0.455. The summed E-state index contributed by atoms with van der Waals surface area (Å²) in [7, 11) is -3.29. The normalized spacial score (nSPS) is 17.2. The van der Waals surface area contributed by atoms with E-state index in [1.807, 2.05) is 20.8 Å². The lowest BCUT2D eigenvalue weighted by atomic mass is 10.1. The van der Waals surface area contributed by atoms with Gasteiger partial charge in [0.05, 0.1) is 17.1 Å². The van der Waals surface area contributed by atoms with Gasteiger partial charge in [-0.3, -0.25) is 0 Å². The van der Waals surface area contributed by atoms with Crippen molar-refractivity contribution in [2.75, 3.05) is 19.3 Å². The van der Waals surface area contributed by atoms with Crippen molar-refractivity contribution >= 4 is 27.0 Å². The molecule has 1 saturated heterocycles. The molecule has 1 aromatic carbocycles. The van der Waals surface area contributed by atoms with Crippen LogP contribution in [0.4, 0.5) is 4.79 Å². The first kappa shape index (κ1) is 23.0. The highest BCUT2D eigenvalue weighted by molar-refractivity contribution is 7.90. The number of nitrogens with zero attached hydrogens (tertiary/aromatic N) is 5. The van der Waals surface area contributed by atoms with E-state index in [0.717, 1.165) is 19.1 Å². The highest BCUT2D eigenvalue weighted by Crippen LogP contribution is 2.30. The Morgan fingerprint density at radius 1 is 1.15 bits per heavy atom. The lowest BCUT2D eigenvalue weighted by molar-refractivity contribution is 0.0169. The van der Waals surface area contributed by atoms with Gasteiger partial charge in [0.2, 0.25) is 5.88 Å². The third kappa shape index (κ3) is 5.24. The molecule has 0 bridgehead atoms. The maximum absolute atomic E-state index is 12.5. The van der Waals surface area contributed by atoms with Gasteiger partial charge in [0, 0.05) is 19.3 Å². The molecule has 1 fully saturated rings. The minimum Gasteiger partial charge on any atom is -0.444 e. The van der Waals surface area contributed by atoms with Gasteiger partial charge in [0.1, 0.15) is 23.1 Å². The Hall–Kier alpha value is -3.21. The van der Waals surface area contributed by atoms with E-state index in [4.69, 9.17) is 9.47 Å². The van der Waals surface area contributed by atoms with Crippen LogP contribution in [0.3, 0.4) is 0 Å². The molecule has 4 rings (SSSR count). The van der Waals surface area contributed by atoms with Crippen LogP contribution in [0.25, 0.3) is 11.0 Å². The predicted octanol–water partition coefficient (Wildman–Crippen LogP) is 3.59. The number of carbonyl (C=O) groups excluding carboxylic acids is 1. The van der Waals surface area contributed by atoms with Gasteiger partial charge < -0.3 is 14.4 Å². The number of aromatic nitrogens is 4. The molecule has 1 aliphatic heterocycles. The maximum atomic E-state index is 12.5. The summed E-state index contributed by atoms with van der Waals surface area (Å²) in [5, 5.41) is 5.14. The number of rotatable bonds is 4. The molecule has 33 heavy (non-hydrogen) atoms. The Kier molecular flexibility index (Phi) is 6.00. The highest BCUT2D eigenvalue weighted by atomic mass is 32.2. The van der Waals surface area contributed by atoms with Crippen LogP contribution in [0.2, 0.25) is 0 Å². The van der Waals surface area contributed by atoms with E-state index in [1.165, 1.54) is 18.5 Å². The van der Waals surface area contributed by atoms with Crippen LogP contribution < -0.4 is 4.74 Å². The molecule has 0 unspecified atom stereocenters. The van der Waals surface area contributed by atoms with E-state index in [-0.39, 0.29) is 17.0 Å². The molecular formula is C22H27N5O5S. The van der Waals surface area contributed by atoms with Crippen LogP contribution in [0.15, 0.2) is 41.7 Å². The summed E-state index contributed by atoms with van der Waals surface area (Å²) in [5.41, 5.74) is 0.0466. The van der Waals surface area contributed by atoms with E-state index in [9.17, 15) is 13.2 Å². The van der Waals surface area contributed by atoms with Crippen LogP contribution in [0.1, 0.15) is 39.7 Å². The van der Waals surface area contributed by atoms with Crippen molar-refractivity contribution in [1.29, 1.82) is 0 Å². The fourth-order valence-electron chi connectivity index (χ4n) is 3.70. The molecule has 1 aliphatic rings. The van der Waals surface area contributed by atoms with E-state index >= 15 is 0 Å². The Morgan fingerprint density at radius 2 is 1.88 bits per heavy atom. The molecule has 3 heterocycles. The topological polar surface area (TPSA) is 117 Å². The zero-order chi connectivity index (χ0) is 23.8. The van der Waals surface area contributed by atoms with Gasteiger partial charge >= 0.3 is 6.09 Å². The molecule has 11 heteroatoms. The van der Waals surface area contributed by atoms with Crippen molar-refractivity contribution in [3.05, 3.63) is 36.8 Å².